The Morgan fingerprint density at radius 1 is 1.53 bits per heavy atom. The monoisotopic (exact) mass is 265 g/mol. The molecule has 1 aliphatic carbocycles. The van der Waals surface area contributed by atoms with E-state index >= 15 is 0 Å². The lowest BCUT2D eigenvalue weighted by atomic mass is 9.73. The number of rotatable bonds is 2. The zero-order valence-corrected chi connectivity index (χ0v) is 11.4. The molecule has 104 valence electrons. The van der Waals surface area contributed by atoms with Crippen molar-refractivity contribution < 1.29 is 9.18 Å². The van der Waals surface area contributed by atoms with Gasteiger partial charge >= 0.3 is 0 Å². The fourth-order valence-electron chi connectivity index (χ4n) is 2.63. The van der Waals surface area contributed by atoms with Gasteiger partial charge in [-0.3, -0.25) is 4.79 Å². The van der Waals surface area contributed by atoms with Crippen LogP contribution in [-0.4, -0.2) is 16.9 Å². The van der Waals surface area contributed by atoms with Gasteiger partial charge in [0.05, 0.1) is 5.56 Å². The molecular weight excluding hydrogens is 245 g/mol. The van der Waals surface area contributed by atoms with Crippen LogP contribution in [-0.2, 0) is 0 Å². The fourth-order valence-corrected chi connectivity index (χ4v) is 2.63. The number of nitrogens with two attached hydrogens (primary N) is 1. The van der Waals surface area contributed by atoms with Gasteiger partial charge in [-0.2, -0.15) is 0 Å². The van der Waals surface area contributed by atoms with Gasteiger partial charge in [0.15, 0.2) is 11.6 Å². The highest BCUT2D eigenvalue weighted by Crippen LogP contribution is 2.35. The number of nitrogens with zero attached hydrogens (tertiary/aromatic N) is 1. The Hall–Kier alpha value is -1.65. The number of pyridine rings is 1. The highest BCUT2D eigenvalue weighted by molar-refractivity contribution is 5.95. The van der Waals surface area contributed by atoms with E-state index < -0.39 is 11.7 Å². The average molecular weight is 265 g/mol. The van der Waals surface area contributed by atoms with Gasteiger partial charge in [0.2, 0.25) is 0 Å². The smallest absolute Gasteiger partial charge is 0.254 e. The molecule has 0 saturated heterocycles. The lowest BCUT2D eigenvalue weighted by Gasteiger charge is -2.39. The lowest BCUT2D eigenvalue weighted by molar-refractivity contribution is 0.0849. The van der Waals surface area contributed by atoms with E-state index in [1.54, 1.807) is 0 Å². The SMILES string of the molecule is CC1(C)CCCCC1NC(=O)c1ccnc(N)c1F. The summed E-state index contributed by atoms with van der Waals surface area (Å²) in [7, 11) is 0. The van der Waals surface area contributed by atoms with Crippen LogP contribution in [0.25, 0.3) is 0 Å². The summed E-state index contributed by atoms with van der Waals surface area (Å²) < 4.78 is 13.8. The van der Waals surface area contributed by atoms with E-state index in [2.05, 4.69) is 24.1 Å². The molecule has 0 spiro atoms. The van der Waals surface area contributed by atoms with Gasteiger partial charge in [0.1, 0.15) is 0 Å². The second-order valence-corrected chi connectivity index (χ2v) is 5.82. The van der Waals surface area contributed by atoms with Crippen molar-refractivity contribution in [2.75, 3.05) is 5.73 Å². The van der Waals surface area contributed by atoms with E-state index in [0.717, 1.165) is 19.3 Å². The summed E-state index contributed by atoms with van der Waals surface area (Å²) in [5, 5.41) is 2.93. The molecule has 19 heavy (non-hydrogen) atoms. The first kappa shape index (κ1) is 13.8. The number of amides is 1. The Morgan fingerprint density at radius 3 is 2.95 bits per heavy atom. The molecular formula is C14H20FN3O. The Kier molecular flexibility index (Phi) is 3.73. The highest BCUT2D eigenvalue weighted by atomic mass is 19.1. The van der Waals surface area contributed by atoms with Crippen LogP contribution >= 0.6 is 0 Å². The molecule has 1 atom stereocenters. The zero-order chi connectivity index (χ0) is 14.0. The Bertz CT molecular complexity index is 488. The van der Waals surface area contributed by atoms with Gasteiger partial charge in [-0.15, -0.1) is 0 Å². The summed E-state index contributed by atoms with van der Waals surface area (Å²) in [4.78, 5) is 15.8. The zero-order valence-electron chi connectivity index (χ0n) is 11.4. The first-order valence-electron chi connectivity index (χ1n) is 6.62. The van der Waals surface area contributed by atoms with E-state index in [0.29, 0.717) is 0 Å². The van der Waals surface area contributed by atoms with Gasteiger partial charge in [0.25, 0.3) is 5.91 Å². The third kappa shape index (κ3) is 2.85. The predicted octanol–water partition coefficient (Wildman–Crippen LogP) is 2.50. The molecule has 0 bridgehead atoms. The number of carbonyl (C=O) groups is 1. The second-order valence-electron chi connectivity index (χ2n) is 5.82. The van der Waals surface area contributed by atoms with Crippen molar-refractivity contribution in [1.82, 2.24) is 10.3 Å². The summed E-state index contributed by atoms with van der Waals surface area (Å²) >= 11 is 0. The molecule has 3 N–H and O–H groups in total. The fraction of sp³-hybridized carbons (Fsp3) is 0.571. The normalized spacial score (nSPS) is 21.9. The number of anilines is 1. The van der Waals surface area contributed by atoms with Crippen molar-refractivity contribution in [2.24, 2.45) is 5.41 Å². The number of aromatic nitrogens is 1. The van der Waals surface area contributed by atoms with Crippen LogP contribution in [0, 0.1) is 11.2 Å². The number of hydrogen-bond donors (Lipinski definition) is 2. The van der Waals surface area contributed by atoms with Gasteiger partial charge in [-0.05, 0) is 24.3 Å². The van der Waals surface area contributed by atoms with Crippen molar-refractivity contribution in [3.8, 4) is 0 Å². The van der Waals surface area contributed by atoms with E-state index in [4.69, 9.17) is 5.73 Å². The van der Waals surface area contributed by atoms with Crippen molar-refractivity contribution in [3.05, 3.63) is 23.6 Å². The van der Waals surface area contributed by atoms with Crippen LogP contribution in [0.1, 0.15) is 49.9 Å². The molecule has 1 aliphatic rings. The van der Waals surface area contributed by atoms with Gasteiger partial charge in [0, 0.05) is 12.2 Å². The van der Waals surface area contributed by atoms with Gasteiger partial charge < -0.3 is 11.1 Å². The molecule has 0 aliphatic heterocycles. The number of carbonyl (C=O) groups excluding carboxylic acids is 1. The minimum Gasteiger partial charge on any atom is -0.381 e. The van der Waals surface area contributed by atoms with Crippen molar-refractivity contribution >= 4 is 11.7 Å². The molecule has 5 heteroatoms. The topological polar surface area (TPSA) is 68.0 Å². The minimum atomic E-state index is -0.742. The third-order valence-corrected chi connectivity index (χ3v) is 3.97. The Labute approximate surface area is 112 Å². The lowest BCUT2D eigenvalue weighted by Crippen LogP contribution is -2.47. The molecule has 0 aromatic carbocycles. The molecule has 1 saturated carbocycles. The number of halogens is 1. The van der Waals surface area contributed by atoms with E-state index in [9.17, 15) is 9.18 Å². The summed E-state index contributed by atoms with van der Waals surface area (Å²) in [5.74, 6) is -1.39. The standard InChI is InChI=1S/C14H20FN3O/c1-14(2)7-4-3-5-10(14)18-13(19)9-6-8-17-12(16)11(9)15/h6,8,10H,3-5,7H2,1-2H3,(H2,16,17)(H,18,19). The summed E-state index contributed by atoms with van der Waals surface area (Å²) in [6.45, 7) is 4.27. The minimum absolute atomic E-state index is 0.0335. The van der Waals surface area contributed by atoms with Crippen LogP contribution in [0.5, 0.6) is 0 Å². The van der Waals surface area contributed by atoms with E-state index in [-0.39, 0.29) is 22.8 Å². The van der Waals surface area contributed by atoms with Crippen LogP contribution in [0.3, 0.4) is 0 Å². The summed E-state index contributed by atoms with van der Waals surface area (Å²) in [6.07, 6.45) is 5.62. The first-order valence-corrected chi connectivity index (χ1v) is 6.62. The van der Waals surface area contributed by atoms with Crippen LogP contribution in [0.4, 0.5) is 10.2 Å². The van der Waals surface area contributed by atoms with Crippen LogP contribution in [0.15, 0.2) is 12.3 Å². The maximum Gasteiger partial charge on any atom is 0.254 e. The van der Waals surface area contributed by atoms with Crippen molar-refractivity contribution in [1.29, 1.82) is 0 Å². The predicted molar refractivity (Wildman–Crippen MR) is 72.1 cm³/mol. The van der Waals surface area contributed by atoms with Crippen molar-refractivity contribution in [2.45, 2.75) is 45.6 Å². The average Bonchev–Trinajstić information content (AvgIpc) is 2.35. The van der Waals surface area contributed by atoms with E-state index in [1.165, 1.54) is 18.7 Å². The largest absolute Gasteiger partial charge is 0.381 e. The number of nitrogens with one attached hydrogen (secondary N) is 1. The summed E-state index contributed by atoms with van der Waals surface area (Å²) in [5.41, 5.74) is 5.39. The molecule has 1 fully saturated rings. The highest BCUT2D eigenvalue weighted by Gasteiger charge is 2.33. The molecule has 4 nitrogen and oxygen atoms in total. The van der Waals surface area contributed by atoms with Gasteiger partial charge in [-0.25, -0.2) is 9.37 Å². The first-order chi connectivity index (χ1) is 8.92. The molecule has 1 amide bonds. The van der Waals surface area contributed by atoms with Crippen LogP contribution < -0.4 is 11.1 Å². The van der Waals surface area contributed by atoms with Crippen LogP contribution in [0.2, 0.25) is 0 Å². The quantitative estimate of drug-likeness (QED) is 0.863. The third-order valence-electron chi connectivity index (χ3n) is 3.97. The van der Waals surface area contributed by atoms with Crippen molar-refractivity contribution in [3.63, 3.8) is 0 Å². The molecule has 1 aromatic heterocycles. The Balaban J connectivity index is 2.15. The maximum atomic E-state index is 13.8. The molecule has 2 rings (SSSR count). The maximum absolute atomic E-state index is 13.8. The second kappa shape index (κ2) is 5.15. The molecule has 1 unspecified atom stereocenters. The summed E-state index contributed by atoms with van der Waals surface area (Å²) in [6, 6.07) is 1.43. The number of nitrogen functional groups attached to an aromatic ring is 1. The molecule has 1 aromatic rings. The van der Waals surface area contributed by atoms with E-state index in [1.807, 2.05) is 0 Å². The number of hydrogen-bond acceptors (Lipinski definition) is 3. The molecule has 1 heterocycles. The molecule has 0 radical (unpaired) electrons. The van der Waals surface area contributed by atoms with Gasteiger partial charge in [-0.1, -0.05) is 26.7 Å². The Morgan fingerprint density at radius 2 is 2.26 bits per heavy atom.